The van der Waals surface area contributed by atoms with Crippen LogP contribution in [0.4, 0.5) is 4.39 Å². The minimum atomic E-state index is -0.157. The summed E-state index contributed by atoms with van der Waals surface area (Å²) in [5.74, 6) is -0.157. The van der Waals surface area contributed by atoms with E-state index in [1.54, 1.807) is 12.1 Å². The quantitative estimate of drug-likeness (QED) is 0.821. The first-order valence-corrected chi connectivity index (χ1v) is 6.98. The zero-order valence-electron chi connectivity index (χ0n) is 11.7. The molecule has 0 saturated carbocycles. The molecule has 1 aliphatic heterocycles. The molecule has 19 heavy (non-hydrogen) atoms. The third kappa shape index (κ3) is 4.77. The molecule has 2 rings (SSSR count). The van der Waals surface area contributed by atoms with Crippen molar-refractivity contribution in [2.45, 2.75) is 32.4 Å². The normalized spacial score (nSPS) is 17.6. The molecule has 0 aliphatic carbocycles. The Morgan fingerprint density at radius 3 is 2.79 bits per heavy atom. The smallest absolute Gasteiger partial charge is 0.123 e. The highest BCUT2D eigenvalue weighted by molar-refractivity contribution is 5.16. The van der Waals surface area contributed by atoms with Gasteiger partial charge in [0.15, 0.2) is 0 Å². The van der Waals surface area contributed by atoms with E-state index in [9.17, 15) is 4.39 Å². The number of nitrogens with one attached hydrogen (secondary N) is 1. The van der Waals surface area contributed by atoms with Crippen molar-refractivity contribution in [1.29, 1.82) is 0 Å². The fourth-order valence-electron chi connectivity index (χ4n) is 2.59. The topological polar surface area (TPSA) is 15.3 Å². The third-order valence-electron chi connectivity index (χ3n) is 3.56. The lowest BCUT2D eigenvalue weighted by Gasteiger charge is -2.32. The summed E-state index contributed by atoms with van der Waals surface area (Å²) in [7, 11) is 0. The Bertz CT molecular complexity index is 423. The van der Waals surface area contributed by atoms with Crippen LogP contribution in [-0.2, 0) is 6.54 Å². The molecule has 1 aromatic carbocycles. The Morgan fingerprint density at radius 2 is 2.16 bits per heavy atom. The highest BCUT2D eigenvalue weighted by Crippen LogP contribution is 2.12. The van der Waals surface area contributed by atoms with E-state index in [1.165, 1.54) is 11.6 Å². The minimum Gasteiger partial charge on any atom is -0.310 e. The lowest BCUT2D eigenvalue weighted by Crippen LogP contribution is -2.42. The molecule has 1 aliphatic rings. The van der Waals surface area contributed by atoms with Crippen LogP contribution in [0.1, 0.15) is 25.3 Å². The predicted octanol–water partition coefficient (Wildman–Crippen LogP) is 2.96. The lowest BCUT2D eigenvalue weighted by molar-refractivity contribution is 0.211. The van der Waals surface area contributed by atoms with Gasteiger partial charge in [0.25, 0.3) is 0 Å². The van der Waals surface area contributed by atoms with Gasteiger partial charge < -0.3 is 5.32 Å². The number of hydrogen-bond acceptors (Lipinski definition) is 2. The largest absolute Gasteiger partial charge is 0.310 e. The maximum atomic E-state index is 13.1. The summed E-state index contributed by atoms with van der Waals surface area (Å²) in [4.78, 5) is 2.45. The van der Waals surface area contributed by atoms with Crippen molar-refractivity contribution in [3.05, 3.63) is 47.8 Å². The molecule has 0 unspecified atom stereocenters. The van der Waals surface area contributed by atoms with Crippen LogP contribution < -0.4 is 5.32 Å². The molecule has 1 N–H and O–H groups in total. The van der Waals surface area contributed by atoms with Gasteiger partial charge in [-0.15, -0.1) is 0 Å². The first-order chi connectivity index (χ1) is 9.13. The molecule has 1 saturated heterocycles. The summed E-state index contributed by atoms with van der Waals surface area (Å²) < 4.78 is 13.1. The van der Waals surface area contributed by atoms with Crippen molar-refractivity contribution in [3.63, 3.8) is 0 Å². The van der Waals surface area contributed by atoms with E-state index in [0.29, 0.717) is 6.04 Å². The molecule has 0 amide bonds. The summed E-state index contributed by atoms with van der Waals surface area (Å²) in [6.07, 6.45) is 2.31. The van der Waals surface area contributed by atoms with Crippen LogP contribution in [-0.4, -0.2) is 30.6 Å². The van der Waals surface area contributed by atoms with E-state index in [0.717, 1.165) is 44.6 Å². The van der Waals surface area contributed by atoms with Gasteiger partial charge in [0.05, 0.1) is 0 Å². The molecule has 0 bridgehead atoms. The van der Waals surface area contributed by atoms with Gasteiger partial charge in [-0.2, -0.15) is 0 Å². The van der Waals surface area contributed by atoms with Gasteiger partial charge in [0, 0.05) is 19.1 Å². The first-order valence-electron chi connectivity index (χ1n) is 6.98. The molecular weight excluding hydrogens is 239 g/mol. The summed E-state index contributed by atoms with van der Waals surface area (Å²) in [5, 5.41) is 3.52. The fourth-order valence-corrected chi connectivity index (χ4v) is 2.59. The van der Waals surface area contributed by atoms with Crippen LogP contribution in [0, 0.1) is 5.82 Å². The molecule has 0 aromatic heterocycles. The van der Waals surface area contributed by atoms with Gasteiger partial charge in [-0.3, -0.25) is 4.90 Å². The molecule has 2 nitrogen and oxygen atoms in total. The van der Waals surface area contributed by atoms with Gasteiger partial charge in [-0.05, 0) is 50.6 Å². The van der Waals surface area contributed by atoms with Gasteiger partial charge in [0.2, 0.25) is 0 Å². The number of hydrogen-bond donors (Lipinski definition) is 1. The van der Waals surface area contributed by atoms with E-state index in [-0.39, 0.29) is 5.82 Å². The molecule has 1 fully saturated rings. The van der Waals surface area contributed by atoms with Crippen molar-refractivity contribution >= 4 is 0 Å². The molecule has 1 aromatic rings. The monoisotopic (exact) mass is 262 g/mol. The number of likely N-dealkylation sites (tertiary alicyclic amines) is 1. The Balaban J connectivity index is 1.72. The molecule has 0 atom stereocenters. The third-order valence-corrected chi connectivity index (χ3v) is 3.56. The van der Waals surface area contributed by atoms with Crippen molar-refractivity contribution in [1.82, 2.24) is 10.2 Å². The van der Waals surface area contributed by atoms with Crippen LogP contribution in [0.2, 0.25) is 0 Å². The van der Waals surface area contributed by atoms with E-state index in [1.807, 2.05) is 6.07 Å². The highest BCUT2D eigenvalue weighted by atomic mass is 19.1. The van der Waals surface area contributed by atoms with E-state index >= 15 is 0 Å². The maximum Gasteiger partial charge on any atom is 0.123 e. The average molecular weight is 262 g/mol. The van der Waals surface area contributed by atoms with Gasteiger partial charge in [-0.1, -0.05) is 24.3 Å². The van der Waals surface area contributed by atoms with Crippen LogP contribution in [0.5, 0.6) is 0 Å². The zero-order chi connectivity index (χ0) is 13.7. The zero-order valence-corrected chi connectivity index (χ0v) is 11.7. The van der Waals surface area contributed by atoms with Gasteiger partial charge in [0.1, 0.15) is 5.82 Å². The molecule has 1 heterocycles. The van der Waals surface area contributed by atoms with Crippen LogP contribution in [0.15, 0.2) is 36.4 Å². The van der Waals surface area contributed by atoms with Gasteiger partial charge >= 0.3 is 0 Å². The highest BCUT2D eigenvalue weighted by Gasteiger charge is 2.18. The van der Waals surface area contributed by atoms with E-state index in [4.69, 9.17) is 0 Å². The second-order valence-corrected chi connectivity index (χ2v) is 5.52. The van der Waals surface area contributed by atoms with Crippen LogP contribution in [0.25, 0.3) is 0 Å². The standard InChI is InChI=1S/C16H23FN2/c1-13(2)12-19-8-6-16(7-9-19)18-11-14-4-3-5-15(17)10-14/h3-5,10,16,18H,1,6-9,11-12H2,2H3. The Morgan fingerprint density at radius 1 is 1.42 bits per heavy atom. The summed E-state index contributed by atoms with van der Waals surface area (Å²) in [5.41, 5.74) is 2.25. The van der Waals surface area contributed by atoms with Crippen LogP contribution >= 0.6 is 0 Å². The minimum absolute atomic E-state index is 0.157. The van der Waals surface area contributed by atoms with Crippen molar-refractivity contribution < 1.29 is 4.39 Å². The Labute approximate surface area is 115 Å². The number of halogens is 1. The first kappa shape index (κ1) is 14.2. The SMILES string of the molecule is C=C(C)CN1CCC(NCc2cccc(F)c2)CC1. The number of rotatable bonds is 5. The van der Waals surface area contributed by atoms with Crippen LogP contribution in [0.3, 0.4) is 0 Å². The average Bonchev–Trinajstić information content (AvgIpc) is 2.37. The van der Waals surface area contributed by atoms with Crippen molar-refractivity contribution in [2.75, 3.05) is 19.6 Å². The van der Waals surface area contributed by atoms with Crippen molar-refractivity contribution in [3.8, 4) is 0 Å². The summed E-state index contributed by atoms with van der Waals surface area (Å²) in [6, 6.07) is 7.36. The molecule has 0 spiro atoms. The van der Waals surface area contributed by atoms with E-state index < -0.39 is 0 Å². The second-order valence-electron chi connectivity index (χ2n) is 5.52. The molecule has 3 heteroatoms. The summed E-state index contributed by atoms with van der Waals surface area (Å²) >= 11 is 0. The van der Waals surface area contributed by atoms with Crippen molar-refractivity contribution in [2.24, 2.45) is 0 Å². The van der Waals surface area contributed by atoms with E-state index in [2.05, 4.69) is 23.7 Å². The number of benzene rings is 1. The number of piperidine rings is 1. The summed E-state index contributed by atoms with van der Waals surface area (Å²) in [6.45, 7) is 10.0. The lowest BCUT2D eigenvalue weighted by atomic mass is 10.0. The predicted molar refractivity (Wildman–Crippen MR) is 77.5 cm³/mol. The van der Waals surface area contributed by atoms with Gasteiger partial charge in [-0.25, -0.2) is 4.39 Å². The number of nitrogens with zero attached hydrogens (tertiary/aromatic N) is 1. The molecule has 104 valence electrons. The Hall–Kier alpha value is -1.19. The Kier molecular flexibility index (Phi) is 5.11. The maximum absolute atomic E-state index is 13.1. The fraction of sp³-hybridized carbons (Fsp3) is 0.500. The molecule has 0 radical (unpaired) electrons. The molecular formula is C16H23FN2. The second kappa shape index (κ2) is 6.83.